The molecular formula is C45H57BrKN6O7+. The number of H-pyrrole nitrogens is 1. The number of alkyl halides is 1. The van der Waals surface area contributed by atoms with Crippen LogP contribution in [0.5, 0.6) is 0 Å². The van der Waals surface area contributed by atoms with Gasteiger partial charge in [-0.15, -0.1) is 0 Å². The number of benzene rings is 3. The SMILES string of the molecule is CCOC(=O)C1=N[N+](Cc2ccc(C)cc2)=C(C)C1.CCOC(=O)c1cc(C)[nH]n1.CCOC(=O)c1cc(C)nn1Cc1ccc(C)cc1.Cc1ccc(CBr)cc1.[K+].[OH-]. The molecule has 3 aromatic carbocycles. The van der Waals surface area contributed by atoms with Gasteiger partial charge >= 0.3 is 69.3 Å². The van der Waals surface area contributed by atoms with Gasteiger partial charge in [0.15, 0.2) is 18.0 Å². The van der Waals surface area contributed by atoms with Crippen molar-refractivity contribution in [2.75, 3.05) is 19.8 Å². The summed E-state index contributed by atoms with van der Waals surface area (Å²) in [6.45, 7) is 19.6. The molecule has 0 amide bonds. The number of hydrogen-bond donors (Lipinski definition) is 1. The van der Waals surface area contributed by atoms with Crippen molar-refractivity contribution >= 4 is 45.3 Å². The minimum atomic E-state index is -0.378. The molecule has 316 valence electrons. The molecule has 0 fully saturated rings. The summed E-state index contributed by atoms with van der Waals surface area (Å²) >= 11 is 3.38. The van der Waals surface area contributed by atoms with Gasteiger partial charge < -0.3 is 19.7 Å². The molecule has 15 heteroatoms. The molecular weight excluding hydrogens is 856 g/mol. The van der Waals surface area contributed by atoms with E-state index in [9.17, 15) is 14.4 Å². The van der Waals surface area contributed by atoms with Gasteiger partial charge in [-0.1, -0.05) is 110 Å². The molecule has 1 aliphatic rings. The second-order valence-corrected chi connectivity index (χ2v) is 14.1. The summed E-state index contributed by atoms with van der Waals surface area (Å²) in [5.41, 5.74) is 11.5. The Hall–Kier alpha value is -4.09. The standard InChI is InChI=1S/C15H19N2O2.C15H18N2O2.C8H9Br.C7H10N2O2.K.H2O/c1-4-19-15(18)14-9-12(3)17(16-14)10-13-7-5-11(2)6-8-13;1-4-19-15(18)14-9-12(3)16-17(14)10-13-7-5-11(2)6-8-13;1-7-2-4-8(6-9)5-3-7;1-3-11-7(10)6-4-5(2)8-9-6;;/h5-8H,4,9-10H2,1-3H3;5-9H,4,10H2,1-3H3;2-5H,6H2,1H3;4H,3H2,1-2H3,(H,8,9);;1H2/q+1;;;;+1;/p-1. The van der Waals surface area contributed by atoms with E-state index in [2.05, 4.69) is 111 Å². The van der Waals surface area contributed by atoms with Crippen molar-refractivity contribution in [2.45, 2.75) is 87.2 Å². The minimum Gasteiger partial charge on any atom is -0.870 e. The van der Waals surface area contributed by atoms with E-state index in [1.54, 1.807) is 37.6 Å². The number of hydrazone groups is 1. The number of hydrogen-bond acceptors (Lipinski definition) is 10. The Bertz CT molecular complexity index is 2150. The number of carbonyl (C=O) groups excluding carboxylic acids is 3. The molecule has 3 heterocycles. The fraction of sp³-hybridized carbons (Fsp3) is 0.356. The van der Waals surface area contributed by atoms with Gasteiger partial charge in [-0.3, -0.25) is 9.78 Å². The van der Waals surface area contributed by atoms with Gasteiger partial charge in [0.05, 0.1) is 38.5 Å². The van der Waals surface area contributed by atoms with Crippen molar-refractivity contribution in [3.05, 3.63) is 141 Å². The first-order valence-electron chi connectivity index (χ1n) is 19.2. The summed E-state index contributed by atoms with van der Waals surface area (Å²) < 4.78 is 18.3. The topological polar surface area (TPSA) is 171 Å². The molecule has 0 saturated carbocycles. The molecule has 6 rings (SSSR count). The molecule has 0 spiro atoms. The van der Waals surface area contributed by atoms with Crippen molar-refractivity contribution in [3.63, 3.8) is 0 Å². The van der Waals surface area contributed by atoms with Crippen molar-refractivity contribution < 1.29 is 90.1 Å². The van der Waals surface area contributed by atoms with Crippen LogP contribution < -0.4 is 51.4 Å². The molecule has 0 radical (unpaired) electrons. The van der Waals surface area contributed by atoms with Crippen molar-refractivity contribution in [1.29, 1.82) is 0 Å². The van der Waals surface area contributed by atoms with Gasteiger partial charge in [-0.25, -0.2) is 14.4 Å². The van der Waals surface area contributed by atoms with Gasteiger partial charge in [0, 0.05) is 28.6 Å². The molecule has 5 aromatic rings. The van der Waals surface area contributed by atoms with E-state index in [1.165, 1.54) is 27.8 Å². The molecule has 0 saturated heterocycles. The molecule has 2 N–H and O–H groups in total. The molecule has 0 unspecified atom stereocenters. The van der Waals surface area contributed by atoms with Crippen LogP contribution in [-0.4, -0.2) is 79.3 Å². The number of nitrogens with zero attached hydrogens (tertiary/aromatic N) is 5. The summed E-state index contributed by atoms with van der Waals surface area (Å²) in [7, 11) is 0. The zero-order valence-corrected chi connectivity index (χ0v) is 41.3. The number of rotatable bonds is 11. The first-order chi connectivity index (χ1) is 27.8. The number of nitrogens with one attached hydrogen (secondary N) is 1. The van der Waals surface area contributed by atoms with Gasteiger partial charge in [-0.2, -0.15) is 10.2 Å². The van der Waals surface area contributed by atoms with Crippen LogP contribution in [0.4, 0.5) is 0 Å². The second kappa shape index (κ2) is 28.4. The van der Waals surface area contributed by atoms with E-state index in [4.69, 9.17) is 14.2 Å². The summed E-state index contributed by atoms with van der Waals surface area (Å²) in [6, 6.07) is 28.4. The van der Waals surface area contributed by atoms with E-state index in [0.29, 0.717) is 56.4 Å². The second-order valence-electron chi connectivity index (χ2n) is 13.5. The van der Waals surface area contributed by atoms with Crippen LogP contribution in [0.1, 0.15) is 99.9 Å². The molecule has 0 aliphatic carbocycles. The zero-order valence-electron chi connectivity index (χ0n) is 36.5. The summed E-state index contributed by atoms with van der Waals surface area (Å²) in [5.74, 6) is -1.01. The van der Waals surface area contributed by atoms with E-state index in [-0.39, 0.29) is 74.8 Å². The smallest absolute Gasteiger partial charge is 0.870 e. The van der Waals surface area contributed by atoms with Gasteiger partial charge in [-0.05, 0) is 78.6 Å². The number of carbonyl (C=O) groups is 3. The number of halogens is 1. The van der Waals surface area contributed by atoms with Crippen LogP contribution in [0.2, 0.25) is 0 Å². The van der Waals surface area contributed by atoms with E-state index in [1.807, 2.05) is 44.5 Å². The molecule has 0 atom stereocenters. The number of aromatic nitrogens is 4. The average Bonchev–Trinajstić information content (AvgIpc) is 3.92. The van der Waals surface area contributed by atoms with Crippen LogP contribution >= 0.6 is 15.9 Å². The average molecular weight is 913 g/mol. The fourth-order valence-corrected chi connectivity index (χ4v) is 5.64. The first-order valence-corrected chi connectivity index (χ1v) is 20.4. The molecule has 1 aliphatic heterocycles. The first kappa shape index (κ1) is 53.9. The van der Waals surface area contributed by atoms with Crippen LogP contribution in [-0.2, 0) is 37.4 Å². The summed E-state index contributed by atoms with van der Waals surface area (Å²) in [5, 5.41) is 16.0. The van der Waals surface area contributed by atoms with Gasteiger partial charge in [0.25, 0.3) is 0 Å². The Morgan fingerprint density at radius 3 is 1.67 bits per heavy atom. The van der Waals surface area contributed by atoms with E-state index in [0.717, 1.165) is 28.0 Å². The summed E-state index contributed by atoms with van der Waals surface area (Å²) in [6.07, 6.45) is 0.574. The number of esters is 3. The largest absolute Gasteiger partial charge is 1.00 e. The Morgan fingerprint density at radius 2 is 1.18 bits per heavy atom. The zero-order chi connectivity index (χ0) is 42.6. The minimum absolute atomic E-state index is 0. The number of ether oxygens (including phenoxy) is 3. The third-order valence-electron chi connectivity index (χ3n) is 8.37. The van der Waals surface area contributed by atoms with Gasteiger partial charge in [0.1, 0.15) is 5.69 Å². The monoisotopic (exact) mass is 911 g/mol. The maximum absolute atomic E-state index is 11.8. The maximum atomic E-state index is 11.8. The normalized spacial score (nSPS) is 11.1. The van der Waals surface area contributed by atoms with Crippen molar-refractivity contribution in [1.82, 2.24) is 20.0 Å². The van der Waals surface area contributed by atoms with Crippen LogP contribution in [0, 0.1) is 34.6 Å². The Labute approximate surface area is 404 Å². The molecule has 2 aromatic heterocycles. The maximum Gasteiger partial charge on any atom is 1.00 e. The molecule has 13 nitrogen and oxygen atoms in total. The van der Waals surface area contributed by atoms with E-state index >= 15 is 0 Å². The quantitative estimate of drug-likeness (QED) is 0.0581. The Kier molecular flexibility index (Phi) is 25.6. The number of aryl methyl sites for hydroxylation is 5. The van der Waals surface area contributed by atoms with E-state index < -0.39 is 0 Å². The van der Waals surface area contributed by atoms with Gasteiger partial charge in [0.2, 0.25) is 5.71 Å². The van der Waals surface area contributed by atoms with Crippen molar-refractivity contribution in [3.8, 4) is 0 Å². The predicted molar refractivity (Wildman–Crippen MR) is 233 cm³/mol. The Balaban J connectivity index is 0.000000413. The molecule has 60 heavy (non-hydrogen) atoms. The van der Waals surface area contributed by atoms with Crippen LogP contribution in [0.15, 0.2) is 90.0 Å². The summed E-state index contributed by atoms with van der Waals surface area (Å²) in [4.78, 5) is 34.4. The molecule has 0 bridgehead atoms. The van der Waals surface area contributed by atoms with Crippen LogP contribution in [0.3, 0.4) is 0 Å². The number of aromatic amines is 1. The Morgan fingerprint density at radius 1 is 0.700 bits per heavy atom. The fourth-order valence-electron chi connectivity index (χ4n) is 5.27. The van der Waals surface area contributed by atoms with Crippen LogP contribution in [0.25, 0.3) is 0 Å². The third-order valence-corrected chi connectivity index (χ3v) is 9.02. The van der Waals surface area contributed by atoms with Crippen molar-refractivity contribution in [2.24, 2.45) is 5.10 Å². The third kappa shape index (κ3) is 18.7. The predicted octanol–water partition coefficient (Wildman–Crippen LogP) is 5.63.